The Morgan fingerprint density at radius 1 is 1.56 bits per heavy atom. The molecule has 4 nitrogen and oxygen atoms in total. The zero-order valence-electron chi connectivity index (χ0n) is 11.0. The Labute approximate surface area is 116 Å². The number of hydrogen-bond donors (Lipinski definition) is 1. The molecule has 1 aromatic rings. The van der Waals surface area contributed by atoms with E-state index in [9.17, 15) is 5.11 Å². The molecule has 0 saturated heterocycles. The highest BCUT2D eigenvalue weighted by Gasteiger charge is 2.38. The van der Waals surface area contributed by atoms with E-state index in [-0.39, 0.29) is 6.10 Å². The molecular weight excluding hydrogens is 296 g/mol. The fourth-order valence-electron chi connectivity index (χ4n) is 2.75. The minimum atomic E-state index is -0.764. The molecule has 1 fully saturated rings. The normalized spacial score (nSPS) is 28.6. The van der Waals surface area contributed by atoms with Crippen molar-refractivity contribution in [2.45, 2.75) is 57.3 Å². The summed E-state index contributed by atoms with van der Waals surface area (Å²) in [6.45, 7) is 2.96. The van der Waals surface area contributed by atoms with Crippen LogP contribution in [0.15, 0.2) is 10.7 Å². The molecule has 1 aliphatic carbocycles. The first-order valence-corrected chi connectivity index (χ1v) is 7.37. The third kappa shape index (κ3) is 2.63. The fraction of sp³-hybridized carbons (Fsp3) is 0.769. The number of aromatic nitrogens is 2. The first-order valence-electron chi connectivity index (χ1n) is 6.57. The van der Waals surface area contributed by atoms with Gasteiger partial charge in [0, 0.05) is 13.7 Å². The van der Waals surface area contributed by atoms with Crippen molar-refractivity contribution in [2.24, 2.45) is 0 Å². The van der Waals surface area contributed by atoms with E-state index in [4.69, 9.17) is 4.74 Å². The monoisotopic (exact) mass is 316 g/mol. The van der Waals surface area contributed by atoms with Gasteiger partial charge in [0.15, 0.2) is 0 Å². The summed E-state index contributed by atoms with van der Waals surface area (Å²) in [5.41, 5.74) is 0.165. The molecule has 1 heterocycles. The van der Waals surface area contributed by atoms with Gasteiger partial charge < -0.3 is 9.84 Å². The zero-order chi connectivity index (χ0) is 13.2. The van der Waals surface area contributed by atoms with E-state index < -0.39 is 5.60 Å². The summed E-state index contributed by atoms with van der Waals surface area (Å²) in [5.74, 6) is 0. The summed E-state index contributed by atoms with van der Waals surface area (Å²) in [6.07, 6.45) is 6.35. The zero-order valence-corrected chi connectivity index (χ0v) is 12.6. The number of halogens is 1. The van der Waals surface area contributed by atoms with Crippen LogP contribution in [0, 0.1) is 0 Å². The van der Waals surface area contributed by atoms with Gasteiger partial charge in [-0.25, -0.2) is 0 Å². The molecule has 0 aliphatic heterocycles. The number of ether oxygens (including phenoxy) is 1. The van der Waals surface area contributed by atoms with Gasteiger partial charge in [-0.15, -0.1) is 0 Å². The number of aryl methyl sites for hydroxylation is 1. The standard InChI is InChI=1S/C13H21BrN2O2/c1-3-8-16-12(11(14)9-15-16)13(17)6-4-10(18-2)5-7-13/h9-10,17H,3-8H2,1-2H3. The third-order valence-electron chi connectivity index (χ3n) is 3.76. The van der Waals surface area contributed by atoms with Crippen LogP contribution in [0.2, 0.25) is 0 Å². The Balaban J connectivity index is 2.22. The van der Waals surface area contributed by atoms with E-state index in [0.717, 1.165) is 48.8 Å². The van der Waals surface area contributed by atoms with Crippen LogP contribution < -0.4 is 0 Å². The van der Waals surface area contributed by atoms with Crippen molar-refractivity contribution >= 4 is 15.9 Å². The second kappa shape index (κ2) is 5.72. The maximum Gasteiger partial charge on any atom is 0.108 e. The minimum Gasteiger partial charge on any atom is -0.384 e. The number of rotatable bonds is 4. The molecule has 0 spiro atoms. The van der Waals surface area contributed by atoms with Gasteiger partial charge in [0.05, 0.1) is 22.5 Å². The molecule has 102 valence electrons. The minimum absolute atomic E-state index is 0.284. The smallest absolute Gasteiger partial charge is 0.108 e. The number of aliphatic hydroxyl groups is 1. The van der Waals surface area contributed by atoms with Crippen LogP contribution in [-0.4, -0.2) is 28.1 Å². The Kier molecular flexibility index (Phi) is 4.45. The third-order valence-corrected chi connectivity index (χ3v) is 4.34. The van der Waals surface area contributed by atoms with Crippen molar-refractivity contribution < 1.29 is 9.84 Å². The lowest BCUT2D eigenvalue weighted by atomic mass is 9.81. The molecule has 0 atom stereocenters. The van der Waals surface area contributed by atoms with Crippen molar-refractivity contribution in [3.8, 4) is 0 Å². The highest BCUT2D eigenvalue weighted by atomic mass is 79.9. The molecule has 5 heteroatoms. The molecule has 0 unspecified atom stereocenters. The molecule has 0 amide bonds. The van der Waals surface area contributed by atoms with E-state index in [1.165, 1.54) is 0 Å². The lowest BCUT2D eigenvalue weighted by Gasteiger charge is -2.36. The predicted molar refractivity (Wildman–Crippen MR) is 73.4 cm³/mol. The summed E-state index contributed by atoms with van der Waals surface area (Å²) < 4.78 is 8.20. The van der Waals surface area contributed by atoms with Gasteiger partial charge in [-0.05, 0) is 48.0 Å². The molecule has 1 aliphatic rings. The SMILES string of the molecule is CCCn1ncc(Br)c1C1(O)CCC(OC)CC1. The van der Waals surface area contributed by atoms with E-state index in [0.29, 0.717) is 0 Å². The first-order chi connectivity index (χ1) is 8.60. The van der Waals surface area contributed by atoms with Gasteiger partial charge in [-0.1, -0.05) is 6.92 Å². The molecular formula is C13H21BrN2O2. The summed E-state index contributed by atoms with van der Waals surface area (Å²) in [5, 5.41) is 15.2. The van der Waals surface area contributed by atoms with Crippen LogP contribution in [-0.2, 0) is 16.9 Å². The van der Waals surface area contributed by atoms with Gasteiger partial charge >= 0.3 is 0 Å². The number of hydrogen-bond acceptors (Lipinski definition) is 3. The summed E-state index contributed by atoms with van der Waals surface area (Å²) >= 11 is 3.52. The molecule has 1 N–H and O–H groups in total. The van der Waals surface area contributed by atoms with E-state index >= 15 is 0 Å². The van der Waals surface area contributed by atoms with Crippen LogP contribution in [0.3, 0.4) is 0 Å². The van der Waals surface area contributed by atoms with Crippen molar-refractivity contribution in [3.05, 3.63) is 16.4 Å². The Hall–Kier alpha value is -0.390. The lowest BCUT2D eigenvalue weighted by Crippen LogP contribution is -2.36. The fourth-order valence-corrected chi connectivity index (χ4v) is 3.41. The average molecular weight is 317 g/mol. The summed E-state index contributed by atoms with van der Waals surface area (Å²) in [4.78, 5) is 0. The maximum atomic E-state index is 10.9. The Bertz CT molecular complexity index is 398. The molecule has 2 rings (SSSR count). The quantitative estimate of drug-likeness (QED) is 0.929. The topological polar surface area (TPSA) is 47.3 Å². The average Bonchev–Trinajstić information content (AvgIpc) is 2.73. The van der Waals surface area contributed by atoms with Crippen molar-refractivity contribution in [2.75, 3.05) is 7.11 Å². The van der Waals surface area contributed by atoms with Crippen LogP contribution in [0.4, 0.5) is 0 Å². The Morgan fingerprint density at radius 3 is 2.78 bits per heavy atom. The number of methoxy groups -OCH3 is 1. The van der Waals surface area contributed by atoms with E-state index in [2.05, 4.69) is 28.0 Å². The van der Waals surface area contributed by atoms with Gasteiger partial charge in [0.2, 0.25) is 0 Å². The Morgan fingerprint density at radius 2 is 2.22 bits per heavy atom. The second-order valence-electron chi connectivity index (χ2n) is 5.03. The van der Waals surface area contributed by atoms with Crippen molar-refractivity contribution in [1.29, 1.82) is 0 Å². The molecule has 0 bridgehead atoms. The number of nitrogens with zero attached hydrogens (tertiary/aromatic N) is 2. The van der Waals surface area contributed by atoms with Crippen molar-refractivity contribution in [1.82, 2.24) is 9.78 Å². The lowest BCUT2D eigenvalue weighted by molar-refractivity contribution is -0.0531. The summed E-state index contributed by atoms with van der Waals surface area (Å²) in [7, 11) is 1.74. The predicted octanol–water partition coefficient (Wildman–Crippen LogP) is 2.83. The molecule has 1 aromatic heterocycles. The van der Waals surface area contributed by atoms with Gasteiger partial charge in [0.25, 0.3) is 0 Å². The molecule has 0 radical (unpaired) electrons. The summed E-state index contributed by atoms with van der Waals surface area (Å²) in [6, 6.07) is 0. The highest BCUT2D eigenvalue weighted by molar-refractivity contribution is 9.10. The van der Waals surface area contributed by atoms with Crippen LogP contribution >= 0.6 is 15.9 Å². The largest absolute Gasteiger partial charge is 0.384 e. The van der Waals surface area contributed by atoms with E-state index in [1.807, 2.05) is 4.68 Å². The second-order valence-corrected chi connectivity index (χ2v) is 5.89. The molecule has 1 saturated carbocycles. The first kappa shape index (κ1) is 14.0. The van der Waals surface area contributed by atoms with E-state index in [1.54, 1.807) is 13.3 Å². The van der Waals surface area contributed by atoms with Gasteiger partial charge in [-0.2, -0.15) is 5.10 Å². The van der Waals surface area contributed by atoms with Crippen LogP contribution in [0.5, 0.6) is 0 Å². The molecule has 18 heavy (non-hydrogen) atoms. The van der Waals surface area contributed by atoms with Crippen LogP contribution in [0.1, 0.15) is 44.7 Å². The van der Waals surface area contributed by atoms with Gasteiger partial charge in [0.1, 0.15) is 5.60 Å². The van der Waals surface area contributed by atoms with Crippen LogP contribution in [0.25, 0.3) is 0 Å². The molecule has 0 aromatic carbocycles. The highest BCUT2D eigenvalue weighted by Crippen LogP contribution is 2.40. The van der Waals surface area contributed by atoms with Crippen molar-refractivity contribution in [3.63, 3.8) is 0 Å². The van der Waals surface area contributed by atoms with Gasteiger partial charge in [-0.3, -0.25) is 4.68 Å². The maximum absolute atomic E-state index is 10.9.